The fourth-order valence-electron chi connectivity index (χ4n) is 4.27. The van der Waals surface area contributed by atoms with Gasteiger partial charge in [0, 0.05) is 50.7 Å². The van der Waals surface area contributed by atoms with E-state index in [1.165, 1.54) is 0 Å². The Morgan fingerprint density at radius 2 is 1.52 bits per heavy atom. The molecule has 2 aliphatic heterocycles. The molecule has 29 heavy (non-hydrogen) atoms. The second kappa shape index (κ2) is 8.18. The summed E-state index contributed by atoms with van der Waals surface area (Å²) in [5, 5.41) is 0.957. The van der Waals surface area contributed by atoms with Gasteiger partial charge in [0.2, 0.25) is 0 Å². The molecular formula is C21H29N3O4S. The Morgan fingerprint density at radius 3 is 2.28 bits per heavy atom. The molecule has 0 atom stereocenters. The SMILES string of the molecule is Cc1cc2oc(=O)cc(CN3CCCN(S(=O)(=O)N4CCCC4)CC3)c2cc1C. The van der Waals surface area contributed by atoms with E-state index in [4.69, 9.17) is 4.42 Å². The van der Waals surface area contributed by atoms with Crippen LogP contribution in [0.5, 0.6) is 0 Å². The van der Waals surface area contributed by atoms with Gasteiger partial charge in [-0.2, -0.15) is 17.0 Å². The molecule has 2 aliphatic rings. The van der Waals surface area contributed by atoms with E-state index in [1.807, 2.05) is 13.0 Å². The summed E-state index contributed by atoms with van der Waals surface area (Å²) in [6.07, 6.45) is 2.67. The van der Waals surface area contributed by atoms with Crippen molar-refractivity contribution in [1.82, 2.24) is 13.5 Å². The molecule has 1 aromatic heterocycles. The van der Waals surface area contributed by atoms with Crippen LogP contribution in [-0.2, 0) is 16.8 Å². The molecule has 1 aromatic carbocycles. The van der Waals surface area contributed by atoms with Crippen molar-refractivity contribution in [2.24, 2.45) is 0 Å². The van der Waals surface area contributed by atoms with Crippen molar-refractivity contribution >= 4 is 21.2 Å². The minimum Gasteiger partial charge on any atom is -0.423 e. The van der Waals surface area contributed by atoms with Crippen LogP contribution in [-0.4, -0.2) is 61.2 Å². The van der Waals surface area contributed by atoms with Gasteiger partial charge in [0.25, 0.3) is 10.2 Å². The second-order valence-corrected chi connectivity index (χ2v) is 10.1. The molecule has 7 nitrogen and oxygen atoms in total. The number of benzene rings is 1. The molecule has 0 unspecified atom stereocenters. The smallest absolute Gasteiger partial charge is 0.336 e. The number of rotatable bonds is 4. The zero-order valence-electron chi connectivity index (χ0n) is 17.2. The molecule has 0 N–H and O–H groups in total. The molecule has 0 amide bonds. The minimum atomic E-state index is -3.36. The highest BCUT2D eigenvalue weighted by atomic mass is 32.2. The fourth-order valence-corrected chi connectivity index (χ4v) is 5.99. The highest BCUT2D eigenvalue weighted by Crippen LogP contribution is 2.24. The molecule has 0 saturated carbocycles. The first-order chi connectivity index (χ1) is 13.8. The van der Waals surface area contributed by atoms with Gasteiger partial charge in [-0.3, -0.25) is 4.90 Å². The molecule has 158 valence electrons. The predicted octanol–water partition coefficient (Wildman–Crippen LogP) is 2.26. The first-order valence-electron chi connectivity index (χ1n) is 10.4. The van der Waals surface area contributed by atoms with E-state index in [9.17, 15) is 13.2 Å². The number of aryl methyl sites for hydroxylation is 2. The Balaban J connectivity index is 1.52. The first kappa shape index (κ1) is 20.5. The zero-order valence-corrected chi connectivity index (χ0v) is 18.0. The van der Waals surface area contributed by atoms with Gasteiger partial charge in [-0.1, -0.05) is 0 Å². The van der Waals surface area contributed by atoms with Crippen molar-refractivity contribution in [3.63, 3.8) is 0 Å². The maximum Gasteiger partial charge on any atom is 0.336 e. The van der Waals surface area contributed by atoms with Crippen LogP contribution < -0.4 is 5.63 Å². The van der Waals surface area contributed by atoms with Crippen molar-refractivity contribution < 1.29 is 12.8 Å². The van der Waals surface area contributed by atoms with Crippen LogP contribution in [0.4, 0.5) is 0 Å². The molecule has 2 fully saturated rings. The maximum atomic E-state index is 12.9. The number of fused-ring (bicyclic) bond motifs is 1. The Bertz CT molecular complexity index is 1060. The van der Waals surface area contributed by atoms with Crippen molar-refractivity contribution in [3.05, 3.63) is 45.3 Å². The molecule has 0 radical (unpaired) electrons. The van der Waals surface area contributed by atoms with Gasteiger partial charge in [-0.25, -0.2) is 4.79 Å². The first-order valence-corrected chi connectivity index (χ1v) is 11.8. The van der Waals surface area contributed by atoms with Crippen LogP contribution in [0.25, 0.3) is 11.0 Å². The van der Waals surface area contributed by atoms with Crippen molar-refractivity contribution in [2.45, 2.75) is 39.7 Å². The van der Waals surface area contributed by atoms with E-state index >= 15 is 0 Å². The second-order valence-electron chi connectivity index (χ2n) is 8.17. The third-order valence-corrected chi connectivity index (χ3v) is 8.14. The van der Waals surface area contributed by atoms with Gasteiger partial charge in [-0.15, -0.1) is 0 Å². The van der Waals surface area contributed by atoms with Gasteiger partial charge in [0.15, 0.2) is 0 Å². The van der Waals surface area contributed by atoms with E-state index in [-0.39, 0.29) is 5.63 Å². The molecule has 2 aromatic rings. The summed E-state index contributed by atoms with van der Waals surface area (Å²) < 4.78 is 34.4. The lowest BCUT2D eigenvalue weighted by Gasteiger charge is -2.26. The Hall–Kier alpha value is -1.74. The highest BCUT2D eigenvalue weighted by molar-refractivity contribution is 7.86. The van der Waals surface area contributed by atoms with Crippen molar-refractivity contribution in [2.75, 3.05) is 39.3 Å². The van der Waals surface area contributed by atoms with Crippen molar-refractivity contribution in [1.29, 1.82) is 0 Å². The van der Waals surface area contributed by atoms with E-state index in [1.54, 1.807) is 14.7 Å². The Kier molecular flexibility index (Phi) is 5.79. The van der Waals surface area contributed by atoms with Gasteiger partial charge in [-0.05, 0) is 68.5 Å². The average molecular weight is 420 g/mol. The molecular weight excluding hydrogens is 390 g/mol. The standard InChI is InChI=1S/C21H29N3O4S/c1-16-12-19-18(14-21(25)28-20(19)13-17(16)2)15-22-6-5-9-24(11-10-22)29(26,27)23-7-3-4-8-23/h12-14H,3-11,15H2,1-2H3. The van der Waals surface area contributed by atoms with Crippen LogP contribution in [0.1, 0.15) is 36.0 Å². The highest BCUT2D eigenvalue weighted by Gasteiger charge is 2.32. The zero-order chi connectivity index (χ0) is 20.6. The van der Waals surface area contributed by atoms with Gasteiger partial charge < -0.3 is 4.42 Å². The summed E-state index contributed by atoms with van der Waals surface area (Å²) in [5.74, 6) is 0. The molecule has 0 spiro atoms. The van der Waals surface area contributed by atoms with Crippen LogP contribution >= 0.6 is 0 Å². The summed E-state index contributed by atoms with van der Waals surface area (Å²) in [4.78, 5) is 14.3. The number of nitrogens with zero attached hydrogens (tertiary/aromatic N) is 3. The lowest BCUT2D eigenvalue weighted by atomic mass is 10.0. The number of hydrogen-bond acceptors (Lipinski definition) is 5. The molecule has 8 heteroatoms. The van der Waals surface area contributed by atoms with E-state index in [2.05, 4.69) is 17.9 Å². The van der Waals surface area contributed by atoms with Crippen LogP contribution in [0.3, 0.4) is 0 Å². The van der Waals surface area contributed by atoms with Gasteiger partial charge in [0.05, 0.1) is 0 Å². The van der Waals surface area contributed by atoms with Crippen LogP contribution in [0.2, 0.25) is 0 Å². The third kappa shape index (κ3) is 4.26. The largest absolute Gasteiger partial charge is 0.423 e. The predicted molar refractivity (Wildman–Crippen MR) is 113 cm³/mol. The quantitative estimate of drug-likeness (QED) is 0.711. The molecule has 0 aliphatic carbocycles. The van der Waals surface area contributed by atoms with Gasteiger partial charge in [0.1, 0.15) is 5.58 Å². The van der Waals surface area contributed by atoms with E-state index < -0.39 is 10.2 Å². The Morgan fingerprint density at radius 1 is 0.862 bits per heavy atom. The number of hydrogen-bond donors (Lipinski definition) is 0. The maximum absolute atomic E-state index is 12.9. The summed E-state index contributed by atoms with van der Waals surface area (Å²) >= 11 is 0. The van der Waals surface area contributed by atoms with Gasteiger partial charge >= 0.3 is 5.63 Å². The van der Waals surface area contributed by atoms with Crippen molar-refractivity contribution in [3.8, 4) is 0 Å². The molecule has 4 rings (SSSR count). The molecule has 3 heterocycles. The fraction of sp³-hybridized carbons (Fsp3) is 0.571. The molecule has 0 bridgehead atoms. The van der Waals surface area contributed by atoms with Crippen LogP contribution in [0, 0.1) is 13.8 Å². The Labute approximate surface area is 172 Å². The average Bonchev–Trinajstić information content (AvgIpc) is 3.11. The van der Waals surface area contributed by atoms with E-state index in [0.717, 1.165) is 47.9 Å². The monoisotopic (exact) mass is 419 g/mol. The normalized spacial score (nSPS) is 20.3. The summed E-state index contributed by atoms with van der Waals surface area (Å²) in [7, 11) is -3.36. The van der Waals surface area contributed by atoms with E-state index in [0.29, 0.717) is 44.9 Å². The minimum absolute atomic E-state index is 0.344. The lowest BCUT2D eigenvalue weighted by molar-refractivity contribution is 0.277. The third-order valence-electron chi connectivity index (χ3n) is 6.10. The topological polar surface area (TPSA) is 74.1 Å². The van der Waals surface area contributed by atoms with Crippen LogP contribution in [0.15, 0.2) is 27.4 Å². The molecule has 2 saturated heterocycles. The summed E-state index contributed by atoms with van der Waals surface area (Å²) in [5.41, 5.74) is 3.46. The lowest BCUT2D eigenvalue weighted by Crippen LogP contribution is -2.44. The summed E-state index contributed by atoms with van der Waals surface area (Å²) in [6.45, 7) is 8.42. The summed E-state index contributed by atoms with van der Waals surface area (Å²) in [6, 6.07) is 5.56.